The van der Waals surface area contributed by atoms with Gasteiger partial charge >= 0.3 is 0 Å². The number of rotatable bonds is 4. The van der Waals surface area contributed by atoms with Gasteiger partial charge in [0, 0.05) is 51.0 Å². The first-order chi connectivity index (χ1) is 12.3. The molecule has 0 aromatic heterocycles. The van der Waals surface area contributed by atoms with Gasteiger partial charge in [0.2, 0.25) is 11.8 Å². The Hall–Kier alpha value is -2.09. The van der Waals surface area contributed by atoms with Crippen molar-refractivity contribution in [3.05, 3.63) is 35.1 Å². The molecule has 2 N–H and O–H groups in total. The number of hydrogen-bond acceptors (Lipinski definition) is 3. The zero-order valence-electron chi connectivity index (χ0n) is 14.6. The smallest absolute Gasteiger partial charge is 0.224 e. The van der Waals surface area contributed by atoms with Crippen LogP contribution >= 0.6 is 0 Å². The number of carbonyl (C=O) groups is 2. The fourth-order valence-electron chi connectivity index (χ4n) is 3.94. The normalized spacial score (nSPS) is 23.3. The van der Waals surface area contributed by atoms with Crippen LogP contribution < -0.4 is 5.73 Å². The lowest BCUT2D eigenvalue weighted by Gasteiger charge is -2.26. The van der Waals surface area contributed by atoms with E-state index in [0.29, 0.717) is 25.7 Å². The summed E-state index contributed by atoms with van der Waals surface area (Å²) >= 11 is 0. The lowest BCUT2D eigenvalue weighted by Crippen LogP contribution is -2.42. The van der Waals surface area contributed by atoms with Gasteiger partial charge in [0.15, 0.2) is 11.6 Å². The molecule has 2 aliphatic rings. The number of hydrogen-bond donors (Lipinski definition) is 1. The number of halogens is 3. The van der Waals surface area contributed by atoms with Crippen LogP contribution in [0.3, 0.4) is 0 Å². The Morgan fingerprint density at radius 2 is 1.88 bits per heavy atom. The summed E-state index contributed by atoms with van der Waals surface area (Å²) in [6, 6.07) is 0.562. The van der Waals surface area contributed by atoms with Crippen LogP contribution in [0.1, 0.15) is 25.3 Å². The molecule has 3 rings (SSSR count). The van der Waals surface area contributed by atoms with Crippen molar-refractivity contribution in [3.63, 3.8) is 0 Å². The van der Waals surface area contributed by atoms with E-state index >= 15 is 0 Å². The van der Waals surface area contributed by atoms with E-state index in [1.165, 1.54) is 6.92 Å². The highest BCUT2D eigenvalue weighted by Gasteiger charge is 2.43. The van der Waals surface area contributed by atoms with E-state index in [0.717, 1.165) is 12.5 Å². The molecule has 0 bridgehead atoms. The molecule has 2 aliphatic heterocycles. The number of nitrogens with zero attached hydrogens (tertiary/aromatic N) is 2. The largest absolute Gasteiger partial charge is 0.341 e. The quantitative estimate of drug-likeness (QED) is 0.817. The van der Waals surface area contributed by atoms with Gasteiger partial charge in [-0.05, 0) is 24.5 Å². The summed E-state index contributed by atoms with van der Waals surface area (Å²) in [7, 11) is 0. The maximum atomic E-state index is 13.7. The molecule has 2 amide bonds. The molecule has 0 saturated carbocycles. The van der Waals surface area contributed by atoms with Crippen LogP contribution in [0.15, 0.2) is 12.1 Å². The minimum absolute atomic E-state index is 0.00129. The zero-order chi connectivity index (χ0) is 19.0. The van der Waals surface area contributed by atoms with Crippen LogP contribution in [0.4, 0.5) is 13.2 Å². The van der Waals surface area contributed by atoms with E-state index in [1.807, 2.05) is 0 Å². The van der Waals surface area contributed by atoms with E-state index in [2.05, 4.69) is 0 Å². The number of likely N-dealkylation sites (tertiary alicyclic amines) is 2. The maximum Gasteiger partial charge on any atom is 0.224 e. The second-order valence-corrected chi connectivity index (χ2v) is 7.15. The number of nitrogens with two attached hydrogens (primary N) is 1. The summed E-state index contributed by atoms with van der Waals surface area (Å²) in [5.74, 6) is -3.15. The second-order valence-electron chi connectivity index (χ2n) is 7.15. The van der Waals surface area contributed by atoms with E-state index in [1.54, 1.807) is 9.80 Å². The minimum Gasteiger partial charge on any atom is -0.341 e. The van der Waals surface area contributed by atoms with Crippen LogP contribution in [0.5, 0.6) is 0 Å². The molecule has 8 heteroatoms. The van der Waals surface area contributed by atoms with Crippen LogP contribution in [-0.4, -0.2) is 53.3 Å². The molecule has 1 aromatic carbocycles. The molecule has 1 aromatic rings. The summed E-state index contributed by atoms with van der Waals surface area (Å²) in [5.41, 5.74) is 5.90. The van der Waals surface area contributed by atoms with Crippen LogP contribution in [0.25, 0.3) is 0 Å². The van der Waals surface area contributed by atoms with Crippen LogP contribution in [0.2, 0.25) is 0 Å². The lowest BCUT2D eigenvalue weighted by molar-refractivity contribution is -0.134. The summed E-state index contributed by atoms with van der Waals surface area (Å²) < 4.78 is 40.0. The molecule has 26 heavy (non-hydrogen) atoms. The van der Waals surface area contributed by atoms with Gasteiger partial charge in [-0.3, -0.25) is 9.59 Å². The molecule has 2 fully saturated rings. The standard InChI is InChI=1S/C18H22F3N3O2/c1-10(25)23-8-11-2-3-24(17(11)9-23)18(26)6-13(22)4-12-5-15(20)16(21)7-14(12)19/h5,7,11,13,17H,2-4,6,8-9,22H2,1H3/t11-,13+,17+/m0/s1. The molecule has 2 saturated heterocycles. The average Bonchev–Trinajstić information content (AvgIpc) is 3.12. The highest BCUT2D eigenvalue weighted by atomic mass is 19.2. The van der Waals surface area contributed by atoms with Gasteiger partial charge in [-0.2, -0.15) is 0 Å². The first kappa shape index (κ1) is 18.7. The van der Waals surface area contributed by atoms with Crippen molar-refractivity contribution >= 4 is 11.8 Å². The number of benzene rings is 1. The Bertz CT molecular complexity index is 728. The Labute approximate surface area is 149 Å². The van der Waals surface area contributed by atoms with Crippen molar-refractivity contribution in [2.45, 2.75) is 38.3 Å². The molecule has 0 spiro atoms. The molecule has 2 heterocycles. The third-order valence-corrected chi connectivity index (χ3v) is 5.32. The Balaban J connectivity index is 1.60. The van der Waals surface area contributed by atoms with E-state index < -0.39 is 23.5 Å². The van der Waals surface area contributed by atoms with Crippen molar-refractivity contribution in [1.29, 1.82) is 0 Å². The third-order valence-electron chi connectivity index (χ3n) is 5.32. The number of carbonyl (C=O) groups excluding carboxylic acids is 2. The van der Waals surface area contributed by atoms with Crippen molar-refractivity contribution in [1.82, 2.24) is 9.80 Å². The van der Waals surface area contributed by atoms with E-state index in [4.69, 9.17) is 5.73 Å². The molecular formula is C18H22F3N3O2. The van der Waals surface area contributed by atoms with Gasteiger partial charge < -0.3 is 15.5 Å². The highest BCUT2D eigenvalue weighted by molar-refractivity contribution is 5.78. The number of fused-ring (bicyclic) bond motifs is 1. The fraction of sp³-hybridized carbons (Fsp3) is 0.556. The molecular weight excluding hydrogens is 347 g/mol. The topological polar surface area (TPSA) is 66.6 Å². The van der Waals surface area contributed by atoms with Crippen molar-refractivity contribution < 1.29 is 22.8 Å². The van der Waals surface area contributed by atoms with Gasteiger partial charge in [0.25, 0.3) is 0 Å². The molecule has 0 aliphatic carbocycles. The van der Waals surface area contributed by atoms with Crippen molar-refractivity contribution in [2.24, 2.45) is 11.7 Å². The summed E-state index contributed by atoms with van der Waals surface area (Å²) in [4.78, 5) is 27.6. The van der Waals surface area contributed by atoms with E-state index in [-0.39, 0.29) is 42.2 Å². The van der Waals surface area contributed by atoms with Gasteiger partial charge in [-0.25, -0.2) is 13.2 Å². The maximum absolute atomic E-state index is 13.7. The summed E-state index contributed by atoms with van der Waals surface area (Å²) in [5, 5.41) is 0. The Morgan fingerprint density at radius 3 is 2.58 bits per heavy atom. The van der Waals surface area contributed by atoms with Gasteiger partial charge in [-0.1, -0.05) is 0 Å². The van der Waals surface area contributed by atoms with Crippen molar-refractivity contribution in [3.8, 4) is 0 Å². The van der Waals surface area contributed by atoms with E-state index in [9.17, 15) is 22.8 Å². The van der Waals surface area contributed by atoms with Gasteiger partial charge in [0.1, 0.15) is 5.82 Å². The highest BCUT2D eigenvalue weighted by Crippen LogP contribution is 2.32. The molecule has 3 atom stereocenters. The Morgan fingerprint density at radius 1 is 1.19 bits per heavy atom. The van der Waals surface area contributed by atoms with Crippen molar-refractivity contribution in [2.75, 3.05) is 19.6 Å². The minimum atomic E-state index is -1.25. The second kappa shape index (κ2) is 7.26. The summed E-state index contributed by atoms with van der Waals surface area (Å²) in [6.07, 6.45) is 0.769. The number of amides is 2. The molecule has 0 radical (unpaired) electrons. The molecule has 5 nitrogen and oxygen atoms in total. The predicted octanol–water partition coefficient (Wildman–Crippen LogP) is 1.44. The van der Waals surface area contributed by atoms with Gasteiger partial charge in [0.05, 0.1) is 6.04 Å². The third kappa shape index (κ3) is 3.70. The van der Waals surface area contributed by atoms with Gasteiger partial charge in [-0.15, -0.1) is 0 Å². The molecule has 142 valence electrons. The van der Waals surface area contributed by atoms with Crippen LogP contribution in [-0.2, 0) is 16.0 Å². The van der Waals surface area contributed by atoms with Crippen LogP contribution in [0, 0.1) is 23.4 Å². The summed E-state index contributed by atoms with van der Waals surface area (Å²) in [6.45, 7) is 3.32. The monoisotopic (exact) mass is 369 g/mol. The zero-order valence-corrected chi connectivity index (χ0v) is 14.6. The molecule has 0 unspecified atom stereocenters. The predicted molar refractivity (Wildman–Crippen MR) is 88.5 cm³/mol. The first-order valence-corrected chi connectivity index (χ1v) is 8.70. The average molecular weight is 369 g/mol. The SMILES string of the molecule is CC(=O)N1C[C@@H]2CCN(C(=O)C[C@H](N)Cc3cc(F)c(F)cc3F)[C@@H]2C1. The lowest BCUT2D eigenvalue weighted by atomic mass is 10.0. The Kier molecular flexibility index (Phi) is 5.22. The fourth-order valence-corrected chi connectivity index (χ4v) is 3.94. The first-order valence-electron chi connectivity index (χ1n) is 8.70.